The Kier molecular flexibility index (Phi) is 8.25. The fourth-order valence-corrected chi connectivity index (χ4v) is 5.77. The summed E-state index contributed by atoms with van der Waals surface area (Å²) in [5.74, 6) is -9.36. The minimum absolute atomic E-state index is 0.0816. The number of hydrogen-bond donors (Lipinski definition) is 4. The highest BCUT2D eigenvalue weighted by Crippen LogP contribution is 2.44. The maximum Gasteiger partial charge on any atom is 0.411 e. The van der Waals surface area contributed by atoms with E-state index in [1.165, 1.54) is 4.57 Å². The Morgan fingerprint density at radius 1 is 1.10 bits per heavy atom. The normalized spacial score (nSPS) is 20.9. The zero-order valence-electron chi connectivity index (χ0n) is 20.7. The van der Waals surface area contributed by atoms with Crippen molar-refractivity contribution < 1.29 is 50.9 Å². The number of alkyl halides is 3. The number of rotatable bonds is 7. The van der Waals surface area contributed by atoms with Gasteiger partial charge in [-0.25, -0.2) is 13.2 Å². The molecule has 2 heterocycles. The number of carbonyl (C=O) groups excluding carboxylic acids is 3. The molecule has 1 aromatic carbocycles. The fourth-order valence-electron chi connectivity index (χ4n) is 5.38. The van der Waals surface area contributed by atoms with Gasteiger partial charge in [-0.3, -0.25) is 14.4 Å². The lowest BCUT2D eigenvalue weighted by Gasteiger charge is -2.41. The molecule has 40 heavy (non-hydrogen) atoms. The van der Waals surface area contributed by atoms with Gasteiger partial charge < -0.3 is 25.4 Å². The van der Waals surface area contributed by atoms with Crippen LogP contribution in [0.4, 0.5) is 32.0 Å². The van der Waals surface area contributed by atoms with E-state index < -0.39 is 88.2 Å². The second kappa shape index (κ2) is 11.1. The van der Waals surface area contributed by atoms with E-state index in [0.717, 1.165) is 0 Å². The van der Waals surface area contributed by atoms with E-state index in [1.807, 2.05) is 5.32 Å². The van der Waals surface area contributed by atoms with Crippen molar-refractivity contribution in [3.8, 4) is 0 Å². The van der Waals surface area contributed by atoms with Gasteiger partial charge in [0.25, 0.3) is 17.6 Å². The number of aliphatic hydroxyl groups excluding tert-OH is 1. The number of hydrogen-bond acceptors (Lipinski definition) is 5. The maximum absolute atomic E-state index is 14.1. The third-order valence-corrected chi connectivity index (χ3v) is 7.76. The number of amides is 2. The molecule has 2 aromatic rings. The zero-order valence-corrected chi connectivity index (χ0v) is 21.4. The van der Waals surface area contributed by atoms with Crippen LogP contribution in [-0.2, 0) is 17.8 Å². The largest absolute Gasteiger partial charge is 0.411 e. The van der Waals surface area contributed by atoms with E-state index in [0.29, 0.717) is 18.6 Å². The summed E-state index contributed by atoms with van der Waals surface area (Å²) >= 11 is 6.31. The minimum Gasteiger partial charge on any atom is -0.368 e. The molecule has 218 valence electrons. The molecule has 0 spiro atoms. The summed E-state index contributed by atoms with van der Waals surface area (Å²) in [5, 5.41) is 21.7. The molecule has 1 fully saturated rings. The lowest BCUT2D eigenvalue weighted by atomic mass is 9.74. The third kappa shape index (κ3) is 5.56. The average molecular weight is 596 g/mol. The minimum atomic E-state index is -4.93. The Morgan fingerprint density at radius 2 is 1.70 bits per heavy atom. The molecule has 1 saturated carbocycles. The molecule has 2 amide bonds. The number of anilines is 1. The van der Waals surface area contributed by atoms with Crippen LogP contribution >= 0.6 is 11.6 Å². The van der Waals surface area contributed by atoms with Gasteiger partial charge in [-0.1, -0.05) is 11.6 Å². The van der Waals surface area contributed by atoms with Gasteiger partial charge >= 0.3 is 6.18 Å². The standard InChI is InChI=1S/C25H24ClF6N3O5/c26-18-17(22(39)33-12-9-13(27)19(29)14(28)10-12)15-2-1-7-35(15)20(18)21(38)23(40)34-24(25(30,31)32)5-3-11(4-6-24)8-16(36)37/h9-11,16,36-37H,1-8H2,(H,33,39)(H,34,40). The molecular weight excluding hydrogens is 572 g/mol. The van der Waals surface area contributed by atoms with E-state index in [1.54, 1.807) is 0 Å². The van der Waals surface area contributed by atoms with E-state index in [9.17, 15) is 40.7 Å². The first-order valence-corrected chi connectivity index (χ1v) is 12.7. The van der Waals surface area contributed by atoms with Crippen molar-refractivity contribution in [1.29, 1.82) is 0 Å². The number of nitrogens with one attached hydrogen (secondary N) is 2. The SMILES string of the molecule is O=C(NC1(C(F)(F)F)CCC(CC(O)O)CC1)C(=O)c1c(Cl)c(C(=O)Nc2cc(F)c(F)c(F)c2)c2n1CCC2. The van der Waals surface area contributed by atoms with Crippen molar-refractivity contribution in [1.82, 2.24) is 9.88 Å². The second-order valence-corrected chi connectivity index (χ2v) is 10.3. The highest BCUT2D eigenvalue weighted by Gasteiger charge is 2.57. The number of nitrogens with zero attached hydrogens (tertiary/aromatic N) is 1. The Balaban J connectivity index is 1.59. The molecule has 0 saturated heterocycles. The van der Waals surface area contributed by atoms with Crippen molar-refractivity contribution in [3.05, 3.63) is 51.6 Å². The summed E-state index contributed by atoms with van der Waals surface area (Å²) in [4.78, 5) is 39.1. The van der Waals surface area contributed by atoms with E-state index in [4.69, 9.17) is 21.8 Å². The van der Waals surface area contributed by atoms with Crippen LogP contribution < -0.4 is 10.6 Å². The molecule has 0 atom stereocenters. The predicted octanol–water partition coefficient (Wildman–Crippen LogP) is 4.25. The summed E-state index contributed by atoms with van der Waals surface area (Å²) in [6.07, 6.45) is -7.49. The van der Waals surface area contributed by atoms with Crippen LogP contribution in [0.2, 0.25) is 5.02 Å². The number of halogens is 7. The molecule has 1 aliphatic heterocycles. The van der Waals surface area contributed by atoms with Crippen LogP contribution in [0, 0.1) is 23.4 Å². The maximum atomic E-state index is 14.1. The second-order valence-electron chi connectivity index (χ2n) is 9.97. The van der Waals surface area contributed by atoms with Crippen molar-refractivity contribution in [2.45, 2.75) is 69.5 Å². The molecule has 4 rings (SSSR count). The van der Waals surface area contributed by atoms with Gasteiger partial charge in [-0.2, -0.15) is 13.2 Å². The fraction of sp³-hybridized carbons (Fsp3) is 0.480. The molecule has 0 bridgehead atoms. The molecule has 1 aliphatic carbocycles. The Labute approximate surface area is 228 Å². The van der Waals surface area contributed by atoms with Gasteiger partial charge in [0.1, 0.15) is 11.2 Å². The van der Waals surface area contributed by atoms with Crippen LogP contribution in [-0.4, -0.2) is 50.4 Å². The van der Waals surface area contributed by atoms with Crippen molar-refractivity contribution in [3.63, 3.8) is 0 Å². The van der Waals surface area contributed by atoms with Gasteiger partial charge in [0.2, 0.25) is 0 Å². The van der Waals surface area contributed by atoms with Crippen LogP contribution in [0.25, 0.3) is 0 Å². The molecule has 8 nitrogen and oxygen atoms in total. The summed E-state index contributed by atoms with van der Waals surface area (Å²) in [7, 11) is 0. The molecule has 0 unspecified atom stereocenters. The lowest BCUT2D eigenvalue weighted by Crippen LogP contribution is -2.61. The van der Waals surface area contributed by atoms with E-state index >= 15 is 0 Å². The number of benzene rings is 1. The number of ketones is 1. The summed E-state index contributed by atoms with van der Waals surface area (Å²) in [6.45, 7) is 0.117. The van der Waals surface area contributed by atoms with Gasteiger partial charge in [0.05, 0.1) is 10.6 Å². The third-order valence-electron chi connectivity index (χ3n) is 7.40. The smallest absolute Gasteiger partial charge is 0.368 e. The molecule has 2 aliphatic rings. The molecule has 1 aromatic heterocycles. The molecule has 0 radical (unpaired) electrons. The quantitative estimate of drug-likeness (QED) is 0.125. The Bertz CT molecular complexity index is 1330. The Morgan fingerprint density at radius 3 is 2.25 bits per heavy atom. The average Bonchev–Trinajstić information content (AvgIpc) is 3.41. The lowest BCUT2D eigenvalue weighted by molar-refractivity contribution is -0.209. The number of fused-ring (bicyclic) bond motifs is 1. The van der Waals surface area contributed by atoms with Crippen molar-refractivity contribution in [2.24, 2.45) is 5.92 Å². The first-order chi connectivity index (χ1) is 18.6. The van der Waals surface area contributed by atoms with Crippen molar-refractivity contribution in [2.75, 3.05) is 5.32 Å². The number of aliphatic hydroxyl groups is 2. The van der Waals surface area contributed by atoms with Crippen LogP contribution in [0.3, 0.4) is 0 Å². The first kappa shape index (κ1) is 29.9. The molecular formula is C25H24ClF6N3O5. The van der Waals surface area contributed by atoms with Gasteiger partial charge in [-0.05, 0) is 44.4 Å². The number of Topliss-reactive ketones (excluding diaryl/α,β-unsaturated/α-hetero) is 1. The van der Waals surface area contributed by atoms with Gasteiger partial charge in [-0.15, -0.1) is 0 Å². The number of aromatic nitrogens is 1. The monoisotopic (exact) mass is 595 g/mol. The molecule has 4 N–H and O–H groups in total. The van der Waals surface area contributed by atoms with E-state index in [-0.39, 0.29) is 43.5 Å². The van der Waals surface area contributed by atoms with E-state index in [2.05, 4.69) is 5.32 Å². The number of carbonyl (C=O) groups is 3. The van der Waals surface area contributed by atoms with Crippen LogP contribution in [0.1, 0.15) is 65.1 Å². The zero-order chi connectivity index (χ0) is 29.6. The summed E-state index contributed by atoms with van der Waals surface area (Å²) in [6, 6.07) is 1.04. The predicted molar refractivity (Wildman–Crippen MR) is 128 cm³/mol. The van der Waals surface area contributed by atoms with Crippen LogP contribution in [0.5, 0.6) is 0 Å². The van der Waals surface area contributed by atoms with Crippen LogP contribution in [0.15, 0.2) is 12.1 Å². The Hall–Kier alpha value is -3.10. The summed E-state index contributed by atoms with van der Waals surface area (Å²) in [5.41, 5.74) is -3.83. The topological polar surface area (TPSA) is 121 Å². The highest BCUT2D eigenvalue weighted by molar-refractivity contribution is 6.48. The highest BCUT2D eigenvalue weighted by atomic mass is 35.5. The summed E-state index contributed by atoms with van der Waals surface area (Å²) < 4.78 is 84.1. The van der Waals surface area contributed by atoms with Crippen molar-refractivity contribution >= 4 is 34.9 Å². The molecule has 15 heteroatoms. The first-order valence-electron chi connectivity index (χ1n) is 12.3. The van der Waals surface area contributed by atoms with Gasteiger partial charge in [0, 0.05) is 36.5 Å². The van der Waals surface area contributed by atoms with Gasteiger partial charge in [0.15, 0.2) is 23.7 Å².